The zero-order valence-corrected chi connectivity index (χ0v) is 11.2. The van der Waals surface area contributed by atoms with Crippen molar-refractivity contribution in [1.29, 1.82) is 0 Å². The summed E-state index contributed by atoms with van der Waals surface area (Å²) in [6.45, 7) is 7.43. The molecule has 0 radical (unpaired) electrons. The summed E-state index contributed by atoms with van der Waals surface area (Å²) in [6, 6.07) is 0. The highest BCUT2D eigenvalue weighted by atomic mass is 127. The molecule has 0 bridgehead atoms. The van der Waals surface area contributed by atoms with Crippen LogP contribution in [0.1, 0.15) is 27.2 Å². The molecule has 1 rings (SSSR count). The van der Waals surface area contributed by atoms with Crippen LogP contribution in [-0.2, 0) is 9.63 Å². The molecule has 0 spiro atoms. The Morgan fingerprint density at radius 3 is 2.50 bits per heavy atom. The van der Waals surface area contributed by atoms with Crippen molar-refractivity contribution in [2.24, 2.45) is 11.3 Å². The van der Waals surface area contributed by atoms with Crippen LogP contribution >= 0.6 is 22.6 Å². The van der Waals surface area contributed by atoms with Gasteiger partial charge in [0.25, 0.3) is 0 Å². The number of nitrogens with zero attached hydrogens (tertiary/aromatic N) is 1. The number of alkyl halides is 1. The molecule has 1 aliphatic rings. The fraction of sp³-hybridized carbons (Fsp3) is 0.900. The highest BCUT2D eigenvalue weighted by Crippen LogP contribution is 2.23. The van der Waals surface area contributed by atoms with Gasteiger partial charge in [-0.1, -0.05) is 22.6 Å². The van der Waals surface area contributed by atoms with Crippen molar-refractivity contribution in [2.45, 2.75) is 27.2 Å². The fourth-order valence-electron chi connectivity index (χ4n) is 1.19. The highest BCUT2D eigenvalue weighted by molar-refractivity contribution is 14.1. The summed E-state index contributed by atoms with van der Waals surface area (Å²) in [5.41, 5.74) is -0.394. The van der Waals surface area contributed by atoms with E-state index in [4.69, 9.17) is 4.84 Å². The minimum atomic E-state index is -0.394. The maximum absolute atomic E-state index is 11.5. The van der Waals surface area contributed by atoms with Crippen LogP contribution in [0, 0.1) is 11.3 Å². The van der Waals surface area contributed by atoms with Gasteiger partial charge in [0, 0.05) is 13.1 Å². The Bertz CT molecular complexity index is 207. The first-order valence-corrected chi connectivity index (χ1v) is 6.49. The molecular weight excluding hydrogens is 293 g/mol. The Kier molecular flexibility index (Phi) is 4.18. The molecule has 3 nitrogen and oxygen atoms in total. The van der Waals surface area contributed by atoms with Gasteiger partial charge in [-0.25, -0.2) is 4.79 Å². The maximum atomic E-state index is 11.5. The second-order valence-corrected chi connectivity index (χ2v) is 5.90. The lowest BCUT2D eigenvalue weighted by molar-refractivity contribution is -0.228. The number of rotatable bonds is 3. The van der Waals surface area contributed by atoms with Crippen LogP contribution in [0.25, 0.3) is 0 Å². The van der Waals surface area contributed by atoms with E-state index >= 15 is 0 Å². The molecule has 0 atom stereocenters. The molecule has 82 valence electrons. The van der Waals surface area contributed by atoms with Crippen LogP contribution in [0.2, 0.25) is 0 Å². The lowest BCUT2D eigenvalue weighted by Crippen LogP contribution is -2.48. The van der Waals surface area contributed by atoms with E-state index in [9.17, 15) is 4.79 Å². The predicted molar refractivity (Wildman–Crippen MR) is 64.1 cm³/mol. The molecule has 1 fully saturated rings. The molecule has 1 aliphatic heterocycles. The molecule has 0 aromatic carbocycles. The van der Waals surface area contributed by atoms with Crippen molar-refractivity contribution in [3.05, 3.63) is 0 Å². The third-order valence-electron chi connectivity index (χ3n) is 2.27. The number of hydrogen-bond acceptors (Lipinski definition) is 3. The Labute approximate surface area is 99.3 Å². The fourth-order valence-corrected chi connectivity index (χ4v) is 2.07. The zero-order chi connectivity index (χ0) is 10.8. The van der Waals surface area contributed by atoms with Crippen LogP contribution in [0.5, 0.6) is 0 Å². The largest absolute Gasteiger partial charge is 0.367 e. The maximum Gasteiger partial charge on any atom is 0.330 e. The van der Waals surface area contributed by atoms with Gasteiger partial charge in [0.2, 0.25) is 0 Å². The van der Waals surface area contributed by atoms with E-state index in [2.05, 4.69) is 22.6 Å². The van der Waals surface area contributed by atoms with Gasteiger partial charge in [-0.15, -0.1) is 5.06 Å². The summed E-state index contributed by atoms with van der Waals surface area (Å²) in [6.07, 6.45) is 1.23. The van der Waals surface area contributed by atoms with Crippen LogP contribution in [0.4, 0.5) is 0 Å². The van der Waals surface area contributed by atoms with Crippen molar-refractivity contribution in [2.75, 3.05) is 17.5 Å². The van der Waals surface area contributed by atoms with E-state index in [0.29, 0.717) is 0 Å². The van der Waals surface area contributed by atoms with Crippen molar-refractivity contribution >= 4 is 28.6 Å². The molecule has 0 aromatic heterocycles. The van der Waals surface area contributed by atoms with E-state index in [1.165, 1.54) is 10.8 Å². The molecule has 0 unspecified atom stereocenters. The summed E-state index contributed by atoms with van der Waals surface area (Å²) in [4.78, 5) is 16.7. The van der Waals surface area contributed by atoms with Crippen LogP contribution < -0.4 is 0 Å². The van der Waals surface area contributed by atoms with Crippen molar-refractivity contribution < 1.29 is 9.63 Å². The van der Waals surface area contributed by atoms with Crippen molar-refractivity contribution in [3.8, 4) is 0 Å². The van der Waals surface area contributed by atoms with E-state index in [0.717, 1.165) is 19.0 Å². The van der Waals surface area contributed by atoms with E-state index in [1.807, 2.05) is 20.8 Å². The summed E-state index contributed by atoms with van der Waals surface area (Å²) >= 11 is 2.38. The Morgan fingerprint density at radius 1 is 1.50 bits per heavy atom. The third-order valence-corrected chi connectivity index (χ3v) is 2.89. The quantitative estimate of drug-likeness (QED) is 0.591. The van der Waals surface area contributed by atoms with Gasteiger partial charge in [-0.2, -0.15) is 0 Å². The number of carbonyl (C=O) groups is 1. The molecule has 0 N–H and O–H groups in total. The minimum absolute atomic E-state index is 0.134. The summed E-state index contributed by atoms with van der Waals surface area (Å²) in [5.74, 6) is 0.588. The summed E-state index contributed by atoms with van der Waals surface area (Å²) in [5, 5.41) is 1.77. The van der Waals surface area contributed by atoms with E-state index in [-0.39, 0.29) is 5.97 Å². The number of hydroxylamine groups is 2. The number of halogens is 1. The highest BCUT2D eigenvalue weighted by Gasteiger charge is 2.32. The molecule has 1 saturated heterocycles. The monoisotopic (exact) mass is 311 g/mol. The Hall–Kier alpha value is 0.160. The SMILES string of the molecule is CC(C)(C)C(=O)ON1CC(CCI)C1. The second kappa shape index (κ2) is 4.79. The van der Waals surface area contributed by atoms with Gasteiger partial charge in [-0.05, 0) is 37.5 Å². The lowest BCUT2D eigenvalue weighted by atomic mass is 9.97. The number of hydrogen-bond donors (Lipinski definition) is 0. The lowest BCUT2D eigenvalue weighted by Gasteiger charge is -2.38. The Balaban J connectivity index is 2.20. The minimum Gasteiger partial charge on any atom is -0.367 e. The molecule has 0 aromatic rings. The topological polar surface area (TPSA) is 29.5 Å². The first-order chi connectivity index (χ1) is 6.43. The van der Waals surface area contributed by atoms with Crippen LogP contribution in [-0.4, -0.2) is 28.5 Å². The molecule has 1 heterocycles. The third kappa shape index (κ3) is 3.38. The smallest absolute Gasteiger partial charge is 0.330 e. The van der Waals surface area contributed by atoms with E-state index in [1.54, 1.807) is 5.06 Å². The van der Waals surface area contributed by atoms with Gasteiger partial charge in [0.05, 0.1) is 5.41 Å². The number of carbonyl (C=O) groups excluding carboxylic acids is 1. The first kappa shape index (κ1) is 12.2. The molecule has 0 amide bonds. The van der Waals surface area contributed by atoms with E-state index < -0.39 is 5.41 Å². The predicted octanol–water partition coefficient (Wildman–Crippen LogP) is 2.25. The first-order valence-electron chi connectivity index (χ1n) is 4.97. The molecule has 0 saturated carbocycles. The van der Waals surface area contributed by atoms with Crippen molar-refractivity contribution in [1.82, 2.24) is 5.06 Å². The van der Waals surface area contributed by atoms with Gasteiger partial charge in [0.1, 0.15) is 0 Å². The summed E-state index contributed by atoms with van der Waals surface area (Å²) in [7, 11) is 0. The Morgan fingerprint density at radius 2 is 2.07 bits per heavy atom. The van der Waals surface area contributed by atoms with Gasteiger partial charge in [-0.3, -0.25) is 0 Å². The van der Waals surface area contributed by atoms with Gasteiger partial charge >= 0.3 is 5.97 Å². The average Bonchev–Trinajstić information content (AvgIpc) is 1.98. The molecule has 14 heavy (non-hydrogen) atoms. The van der Waals surface area contributed by atoms with Crippen LogP contribution in [0.15, 0.2) is 0 Å². The van der Waals surface area contributed by atoms with Gasteiger partial charge < -0.3 is 4.84 Å². The van der Waals surface area contributed by atoms with Crippen LogP contribution in [0.3, 0.4) is 0 Å². The van der Waals surface area contributed by atoms with Gasteiger partial charge in [0.15, 0.2) is 0 Å². The molecule has 4 heteroatoms. The normalized spacial score (nSPS) is 19.1. The standard InChI is InChI=1S/C10H18INO2/c1-10(2,3)9(13)14-12-6-8(7-12)4-5-11/h8H,4-7H2,1-3H3. The summed E-state index contributed by atoms with van der Waals surface area (Å²) < 4.78 is 1.18. The zero-order valence-electron chi connectivity index (χ0n) is 9.05. The second-order valence-electron chi connectivity index (χ2n) is 4.82. The molecule has 0 aliphatic carbocycles. The molecular formula is C10H18INO2. The average molecular weight is 311 g/mol. The van der Waals surface area contributed by atoms with Crippen molar-refractivity contribution in [3.63, 3.8) is 0 Å².